The van der Waals surface area contributed by atoms with Gasteiger partial charge in [0.2, 0.25) is 0 Å². The third-order valence-corrected chi connectivity index (χ3v) is 3.95. The summed E-state index contributed by atoms with van der Waals surface area (Å²) in [6, 6.07) is 4.37. The van der Waals surface area contributed by atoms with Crippen molar-refractivity contribution in [1.29, 1.82) is 0 Å². The van der Waals surface area contributed by atoms with Crippen molar-refractivity contribution in [3.63, 3.8) is 0 Å². The number of alkyl halides is 3. The summed E-state index contributed by atoms with van der Waals surface area (Å²) in [5, 5.41) is 0. The molecule has 0 saturated heterocycles. The van der Waals surface area contributed by atoms with Gasteiger partial charge in [-0.25, -0.2) is 13.0 Å². The highest BCUT2D eigenvalue weighted by Crippen LogP contribution is 2.20. The molecule has 0 aliphatic carbocycles. The van der Waals surface area contributed by atoms with Crippen LogP contribution in [0.4, 0.5) is 13.2 Å². The minimum atomic E-state index is -6.09. The molecule has 1 aromatic rings. The van der Waals surface area contributed by atoms with Gasteiger partial charge in [-0.3, -0.25) is 0 Å². The SMILES string of the molecule is CCCCCCCC[n+]1cccc(CC)c1.O=S(=O)([O-])C(F)(F)F. The summed E-state index contributed by atoms with van der Waals surface area (Å²) < 4.78 is 61.2. The summed E-state index contributed by atoms with van der Waals surface area (Å²) in [5.41, 5.74) is -4.21. The molecule has 1 rings (SSSR count). The largest absolute Gasteiger partial charge is 0.741 e. The number of hydrogen-bond donors (Lipinski definition) is 0. The van der Waals surface area contributed by atoms with Crippen molar-refractivity contribution in [2.45, 2.75) is 70.8 Å². The van der Waals surface area contributed by atoms with Crippen LogP contribution in [0.2, 0.25) is 0 Å². The molecular weight excluding hydrogens is 343 g/mol. The van der Waals surface area contributed by atoms with Crippen LogP contribution in [0.25, 0.3) is 0 Å². The Hall–Kier alpha value is -1.15. The summed E-state index contributed by atoms with van der Waals surface area (Å²) in [5.74, 6) is 0. The van der Waals surface area contributed by atoms with Crippen LogP contribution in [0.3, 0.4) is 0 Å². The molecule has 0 aliphatic rings. The highest BCUT2D eigenvalue weighted by molar-refractivity contribution is 7.86. The molecule has 8 heteroatoms. The van der Waals surface area contributed by atoms with Crippen molar-refractivity contribution in [2.24, 2.45) is 0 Å². The van der Waals surface area contributed by atoms with Gasteiger partial charge in [0.25, 0.3) is 0 Å². The Morgan fingerprint density at radius 1 is 1.08 bits per heavy atom. The van der Waals surface area contributed by atoms with Crippen LogP contribution in [-0.4, -0.2) is 18.5 Å². The Morgan fingerprint density at radius 2 is 1.62 bits per heavy atom. The van der Waals surface area contributed by atoms with Gasteiger partial charge in [0, 0.05) is 18.1 Å². The van der Waals surface area contributed by atoms with Gasteiger partial charge in [-0.15, -0.1) is 0 Å². The molecule has 140 valence electrons. The fourth-order valence-corrected chi connectivity index (χ4v) is 2.00. The molecule has 0 bridgehead atoms. The Kier molecular flexibility index (Phi) is 10.9. The molecule has 0 fully saturated rings. The minimum Gasteiger partial charge on any atom is -0.741 e. The average molecular weight is 369 g/mol. The Morgan fingerprint density at radius 3 is 2.12 bits per heavy atom. The monoisotopic (exact) mass is 369 g/mol. The van der Waals surface area contributed by atoms with Crippen molar-refractivity contribution in [3.8, 4) is 0 Å². The fourth-order valence-electron chi connectivity index (χ4n) is 2.00. The van der Waals surface area contributed by atoms with Gasteiger partial charge in [-0.05, 0) is 18.9 Å². The van der Waals surface area contributed by atoms with Gasteiger partial charge in [0.15, 0.2) is 22.5 Å². The number of aryl methyl sites for hydroxylation is 2. The topological polar surface area (TPSA) is 61.1 Å². The summed E-state index contributed by atoms with van der Waals surface area (Å²) in [7, 11) is -6.09. The molecule has 0 amide bonds. The van der Waals surface area contributed by atoms with Crippen LogP contribution < -0.4 is 4.57 Å². The van der Waals surface area contributed by atoms with E-state index in [1.165, 1.54) is 50.6 Å². The Balaban J connectivity index is 0.000000561. The number of rotatable bonds is 8. The van der Waals surface area contributed by atoms with E-state index in [1.807, 2.05) is 0 Å². The van der Waals surface area contributed by atoms with E-state index in [4.69, 9.17) is 13.0 Å². The molecule has 1 heterocycles. The van der Waals surface area contributed by atoms with E-state index in [0.717, 1.165) is 6.42 Å². The highest BCUT2D eigenvalue weighted by Gasteiger charge is 2.36. The van der Waals surface area contributed by atoms with Gasteiger partial charge in [-0.1, -0.05) is 39.5 Å². The number of halogens is 3. The third kappa shape index (κ3) is 10.6. The first-order chi connectivity index (χ1) is 11.1. The second-order valence-corrected chi connectivity index (χ2v) is 6.84. The molecule has 4 nitrogen and oxygen atoms in total. The molecule has 0 aliphatic heterocycles. The molecule has 1 aromatic heterocycles. The van der Waals surface area contributed by atoms with E-state index < -0.39 is 15.6 Å². The number of unbranched alkanes of at least 4 members (excludes halogenated alkanes) is 5. The van der Waals surface area contributed by atoms with Crippen molar-refractivity contribution >= 4 is 10.1 Å². The molecule has 0 spiro atoms. The van der Waals surface area contributed by atoms with Crippen LogP contribution in [0.15, 0.2) is 24.5 Å². The zero-order valence-corrected chi connectivity index (χ0v) is 15.0. The van der Waals surface area contributed by atoms with Crippen LogP contribution in [0, 0.1) is 0 Å². The number of aromatic nitrogens is 1. The molecule has 0 unspecified atom stereocenters. The van der Waals surface area contributed by atoms with Gasteiger partial charge < -0.3 is 4.55 Å². The van der Waals surface area contributed by atoms with Crippen molar-refractivity contribution in [2.75, 3.05) is 0 Å². The first-order valence-corrected chi connectivity index (χ1v) is 9.52. The average Bonchev–Trinajstić information content (AvgIpc) is 2.49. The van der Waals surface area contributed by atoms with Crippen LogP contribution in [0.1, 0.15) is 57.9 Å². The van der Waals surface area contributed by atoms with Crippen LogP contribution >= 0.6 is 0 Å². The smallest absolute Gasteiger partial charge is 0.485 e. The molecule has 0 N–H and O–H groups in total. The lowest BCUT2D eigenvalue weighted by Gasteiger charge is -2.08. The second kappa shape index (κ2) is 11.4. The van der Waals surface area contributed by atoms with Gasteiger partial charge in [0.05, 0.1) is 0 Å². The van der Waals surface area contributed by atoms with E-state index in [2.05, 4.69) is 42.9 Å². The zero-order chi connectivity index (χ0) is 18.6. The zero-order valence-electron chi connectivity index (χ0n) is 14.2. The molecular formula is C16H26F3NO3S. The van der Waals surface area contributed by atoms with E-state index >= 15 is 0 Å². The number of pyridine rings is 1. The first-order valence-electron chi connectivity index (χ1n) is 8.12. The first kappa shape index (κ1) is 22.9. The Bertz CT molecular complexity index is 560. The van der Waals surface area contributed by atoms with E-state index in [9.17, 15) is 13.2 Å². The summed E-state index contributed by atoms with van der Waals surface area (Å²) in [6.45, 7) is 5.66. The van der Waals surface area contributed by atoms with Crippen LogP contribution in [0.5, 0.6) is 0 Å². The maximum Gasteiger partial charge on any atom is 0.485 e. The van der Waals surface area contributed by atoms with Crippen molar-refractivity contribution in [3.05, 3.63) is 30.1 Å². The lowest BCUT2D eigenvalue weighted by atomic mass is 10.1. The van der Waals surface area contributed by atoms with Crippen molar-refractivity contribution < 1.29 is 30.7 Å². The molecule has 0 atom stereocenters. The van der Waals surface area contributed by atoms with E-state index in [0.29, 0.717) is 0 Å². The molecule has 0 aromatic carbocycles. The van der Waals surface area contributed by atoms with Crippen molar-refractivity contribution in [1.82, 2.24) is 0 Å². The number of nitrogens with zero attached hydrogens (tertiary/aromatic N) is 1. The normalized spacial score (nSPS) is 11.8. The predicted molar refractivity (Wildman–Crippen MR) is 85.1 cm³/mol. The number of hydrogen-bond acceptors (Lipinski definition) is 3. The van der Waals surface area contributed by atoms with Gasteiger partial charge in [0.1, 0.15) is 6.54 Å². The standard InChI is InChI=1S/C15H26N.CHF3O3S/c1-3-5-6-7-8-9-12-16-13-10-11-15(4-2)14-16;2-1(3,4)8(5,6)7/h10-11,13-14H,3-9,12H2,1-2H3;(H,5,6,7)/q+1;/p-1. The quantitative estimate of drug-likeness (QED) is 0.302. The van der Waals surface area contributed by atoms with Crippen LogP contribution in [-0.2, 0) is 23.1 Å². The lowest BCUT2D eigenvalue weighted by molar-refractivity contribution is -0.697. The summed E-state index contributed by atoms with van der Waals surface area (Å²) in [6.07, 6.45) is 13.9. The molecule has 0 saturated carbocycles. The van der Waals surface area contributed by atoms with Gasteiger partial charge >= 0.3 is 5.51 Å². The van der Waals surface area contributed by atoms with Gasteiger partial charge in [-0.2, -0.15) is 13.2 Å². The highest BCUT2D eigenvalue weighted by atomic mass is 32.2. The molecule has 0 radical (unpaired) electrons. The second-order valence-electron chi connectivity index (χ2n) is 5.47. The molecule has 24 heavy (non-hydrogen) atoms. The maximum atomic E-state index is 10.7. The fraction of sp³-hybridized carbons (Fsp3) is 0.688. The summed E-state index contributed by atoms with van der Waals surface area (Å²) in [4.78, 5) is 0. The Labute approximate surface area is 142 Å². The third-order valence-electron chi connectivity index (χ3n) is 3.38. The minimum absolute atomic E-state index is 1.14. The lowest BCUT2D eigenvalue weighted by Crippen LogP contribution is -2.33. The van der Waals surface area contributed by atoms with E-state index in [1.54, 1.807) is 0 Å². The predicted octanol–water partition coefficient (Wildman–Crippen LogP) is 3.95. The maximum absolute atomic E-state index is 10.7. The summed E-state index contributed by atoms with van der Waals surface area (Å²) >= 11 is 0. The van der Waals surface area contributed by atoms with E-state index in [-0.39, 0.29) is 0 Å².